The fraction of sp³-hybridized carbons (Fsp3) is 0. The van der Waals surface area contributed by atoms with Gasteiger partial charge in [0.05, 0.1) is 33.8 Å². The fourth-order valence-corrected chi connectivity index (χ4v) is 7.07. The Kier molecular flexibility index (Phi) is 8.00. The zero-order valence-electron chi connectivity index (χ0n) is 29.5. The van der Waals surface area contributed by atoms with Crippen molar-refractivity contribution in [1.82, 2.24) is 34.5 Å². The molecule has 0 fully saturated rings. The van der Waals surface area contributed by atoms with Crippen LogP contribution in [0.25, 0.3) is 95.8 Å². The van der Waals surface area contributed by atoms with Crippen molar-refractivity contribution in [2.45, 2.75) is 0 Å². The van der Waals surface area contributed by atoms with Crippen LogP contribution in [-0.2, 0) is 0 Å². The van der Waals surface area contributed by atoms with Gasteiger partial charge in [0.15, 0.2) is 17.5 Å². The molecule has 0 aliphatic rings. The second-order valence-corrected chi connectivity index (χ2v) is 13.2. The molecule has 0 atom stereocenters. The SMILES string of the molecule is c1ccc(-c2cc(-c3ccccc3)nc(-c3cc(-n4c5ccccc5c5ccccc54)nc(-c4nc(-c5ccccc5)cc(-c5ccccc5)n4)n3)n2)cc1. The van der Waals surface area contributed by atoms with Crippen LogP contribution in [0.4, 0.5) is 0 Å². The number of fused-ring (bicyclic) bond motifs is 3. The number of hydrogen-bond donors (Lipinski definition) is 0. The van der Waals surface area contributed by atoms with Crippen LogP contribution in [0.1, 0.15) is 0 Å². The lowest BCUT2D eigenvalue weighted by atomic mass is 10.1. The minimum Gasteiger partial charge on any atom is -0.294 e. The first kappa shape index (κ1) is 32.0. The van der Waals surface area contributed by atoms with Crippen molar-refractivity contribution in [3.63, 3.8) is 0 Å². The maximum atomic E-state index is 5.27. The normalized spacial score (nSPS) is 11.3. The molecule has 0 spiro atoms. The summed E-state index contributed by atoms with van der Waals surface area (Å²) in [6.45, 7) is 0. The number of rotatable bonds is 7. The number of nitrogens with zero attached hydrogens (tertiary/aromatic N) is 7. The van der Waals surface area contributed by atoms with Gasteiger partial charge in [0.1, 0.15) is 11.5 Å². The first-order valence-corrected chi connectivity index (χ1v) is 18.1. The van der Waals surface area contributed by atoms with Crippen LogP contribution in [0.15, 0.2) is 188 Å². The molecule has 6 aromatic carbocycles. The molecule has 4 aromatic heterocycles. The van der Waals surface area contributed by atoms with Crippen LogP contribution in [-0.4, -0.2) is 34.5 Å². The van der Waals surface area contributed by atoms with E-state index in [-0.39, 0.29) is 0 Å². The molecule has 0 unspecified atom stereocenters. The molecule has 0 aliphatic carbocycles. The molecule has 10 rings (SSSR count). The van der Waals surface area contributed by atoms with Gasteiger partial charge in [-0.3, -0.25) is 4.57 Å². The molecule has 0 saturated carbocycles. The van der Waals surface area contributed by atoms with Gasteiger partial charge in [-0.2, -0.15) is 0 Å². The van der Waals surface area contributed by atoms with Crippen molar-refractivity contribution < 1.29 is 0 Å². The van der Waals surface area contributed by atoms with Gasteiger partial charge >= 0.3 is 0 Å². The fourth-order valence-electron chi connectivity index (χ4n) is 7.07. The second-order valence-electron chi connectivity index (χ2n) is 13.2. The van der Waals surface area contributed by atoms with Gasteiger partial charge in [-0.05, 0) is 24.3 Å². The lowest BCUT2D eigenvalue weighted by Gasteiger charge is -2.13. The molecule has 10 aromatic rings. The van der Waals surface area contributed by atoms with Crippen molar-refractivity contribution in [1.29, 1.82) is 0 Å². The molecule has 0 amide bonds. The van der Waals surface area contributed by atoms with Gasteiger partial charge in [-0.1, -0.05) is 158 Å². The number of para-hydroxylation sites is 2. The van der Waals surface area contributed by atoms with E-state index >= 15 is 0 Å². The molecule has 0 radical (unpaired) electrons. The van der Waals surface area contributed by atoms with E-state index in [2.05, 4.69) is 102 Å². The third kappa shape index (κ3) is 6.09. The van der Waals surface area contributed by atoms with E-state index in [1.807, 2.05) is 91.0 Å². The Bertz CT molecular complexity index is 2650. The highest BCUT2D eigenvalue weighted by molar-refractivity contribution is 6.09. The predicted molar refractivity (Wildman–Crippen MR) is 220 cm³/mol. The lowest BCUT2D eigenvalue weighted by molar-refractivity contribution is 1.01. The Balaban J connectivity index is 1.27. The Morgan fingerprint density at radius 1 is 0.273 bits per heavy atom. The molecule has 0 bridgehead atoms. The summed E-state index contributed by atoms with van der Waals surface area (Å²) in [5.74, 6) is 1.88. The molecule has 7 nitrogen and oxygen atoms in total. The molecule has 0 N–H and O–H groups in total. The number of aromatic nitrogens is 7. The van der Waals surface area contributed by atoms with Crippen LogP contribution in [0, 0.1) is 0 Å². The highest BCUT2D eigenvalue weighted by Crippen LogP contribution is 2.34. The van der Waals surface area contributed by atoms with E-state index in [9.17, 15) is 0 Å². The van der Waals surface area contributed by atoms with E-state index < -0.39 is 0 Å². The molecular weight excluding hydrogens is 675 g/mol. The topological polar surface area (TPSA) is 82.3 Å². The Morgan fingerprint density at radius 2 is 0.600 bits per heavy atom. The third-order valence-corrected chi connectivity index (χ3v) is 9.68. The molecule has 4 heterocycles. The summed E-state index contributed by atoms with van der Waals surface area (Å²) in [7, 11) is 0. The maximum Gasteiger partial charge on any atom is 0.200 e. The van der Waals surface area contributed by atoms with Crippen LogP contribution >= 0.6 is 0 Å². The first-order valence-electron chi connectivity index (χ1n) is 18.1. The van der Waals surface area contributed by atoms with Crippen LogP contribution in [0.2, 0.25) is 0 Å². The second kappa shape index (κ2) is 13.7. The number of hydrogen-bond acceptors (Lipinski definition) is 6. The van der Waals surface area contributed by atoms with E-state index in [1.165, 1.54) is 0 Å². The molecule has 7 heteroatoms. The Labute approximate surface area is 317 Å². The molecule has 55 heavy (non-hydrogen) atoms. The number of benzene rings is 6. The van der Waals surface area contributed by atoms with E-state index in [0.717, 1.165) is 66.8 Å². The van der Waals surface area contributed by atoms with Crippen molar-refractivity contribution in [3.05, 3.63) is 188 Å². The standard InChI is InChI=1S/C48H31N7/c1-5-17-32(18-6-1)38-29-39(33-19-7-2-8-20-33)50-46(49-38)42-31-45(55-43-27-15-13-25-36(43)37-26-14-16-28-44(37)55)54-48(53-42)47-51-40(34-21-9-3-10-22-34)30-41(52-47)35-23-11-4-12-24-35/h1-31H. The van der Waals surface area contributed by atoms with Gasteiger partial charge in [0, 0.05) is 39.1 Å². The van der Waals surface area contributed by atoms with Crippen molar-refractivity contribution >= 4 is 21.8 Å². The average molecular weight is 706 g/mol. The van der Waals surface area contributed by atoms with Crippen LogP contribution < -0.4 is 0 Å². The molecular formula is C48H31N7. The first-order chi connectivity index (χ1) is 27.2. The smallest absolute Gasteiger partial charge is 0.200 e. The van der Waals surface area contributed by atoms with Crippen molar-refractivity contribution in [2.75, 3.05) is 0 Å². The maximum absolute atomic E-state index is 5.27. The summed E-state index contributed by atoms with van der Waals surface area (Å²) in [5, 5.41) is 2.25. The summed E-state index contributed by atoms with van der Waals surface area (Å²) < 4.78 is 2.18. The van der Waals surface area contributed by atoms with Crippen molar-refractivity contribution in [2.24, 2.45) is 0 Å². The van der Waals surface area contributed by atoms with Crippen LogP contribution in [0.3, 0.4) is 0 Å². The van der Waals surface area contributed by atoms with Crippen LogP contribution in [0.5, 0.6) is 0 Å². The van der Waals surface area contributed by atoms with Gasteiger partial charge in [-0.15, -0.1) is 0 Å². The molecule has 0 aliphatic heterocycles. The zero-order valence-corrected chi connectivity index (χ0v) is 29.5. The predicted octanol–water partition coefficient (Wildman–Crippen LogP) is 11.2. The highest BCUT2D eigenvalue weighted by atomic mass is 15.1. The van der Waals surface area contributed by atoms with Gasteiger partial charge in [-0.25, -0.2) is 29.9 Å². The molecule has 258 valence electrons. The van der Waals surface area contributed by atoms with E-state index in [1.54, 1.807) is 0 Å². The van der Waals surface area contributed by atoms with E-state index in [0.29, 0.717) is 29.0 Å². The highest BCUT2D eigenvalue weighted by Gasteiger charge is 2.21. The average Bonchev–Trinajstić information content (AvgIpc) is 3.61. The Hall–Kier alpha value is -7.64. The summed E-state index contributed by atoms with van der Waals surface area (Å²) in [4.78, 5) is 31.1. The zero-order chi connectivity index (χ0) is 36.6. The summed E-state index contributed by atoms with van der Waals surface area (Å²) >= 11 is 0. The van der Waals surface area contributed by atoms with E-state index in [4.69, 9.17) is 29.9 Å². The summed E-state index contributed by atoms with van der Waals surface area (Å²) in [6.07, 6.45) is 0. The quantitative estimate of drug-likeness (QED) is 0.164. The van der Waals surface area contributed by atoms with Gasteiger partial charge < -0.3 is 0 Å². The lowest BCUT2D eigenvalue weighted by Crippen LogP contribution is -2.06. The third-order valence-electron chi connectivity index (χ3n) is 9.68. The molecule has 0 saturated heterocycles. The summed E-state index contributed by atoms with van der Waals surface area (Å²) in [6, 6.07) is 63.4. The minimum absolute atomic E-state index is 0.360. The largest absolute Gasteiger partial charge is 0.294 e. The Morgan fingerprint density at radius 3 is 1.02 bits per heavy atom. The van der Waals surface area contributed by atoms with Gasteiger partial charge in [0.2, 0.25) is 0 Å². The minimum atomic E-state index is 0.360. The van der Waals surface area contributed by atoms with Crippen molar-refractivity contribution in [3.8, 4) is 74.0 Å². The summed E-state index contributed by atoms with van der Waals surface area (Å²) in [5.41, 5.74) is 9.59. The monoisotopic (exact) mass is 705 g/mol. The van der Waals surface area contributed by atoms with Gasteiger partial charge in [0.25, 0.3) is 0 Å².